The number of piperidine rings is 1. The van der Waals surface area contributed by atoms with Crippen molar-refractivity contribution in [1.29, 1.82) is 0 Å². The molecule has 3 heterocycles. The van der Waals surface area contributed by atoms with Gasteiger partial charge in [0, 0.05) is 43.5 Å². The van der Waals surface area contributed by atoms with Crippen molar-refractivity contribution >= 4 is 0 Å². The zero-order valence-corrected chi connectivity index (χ0v) is 11.6. The predicted octanol–water partition coefficient (Wildman–Crippen LogP) is 2.24. The second kappa shape index (κ2) is 3.97. The molecule has 3 aliphatic heterocycles. The fourth-order valence-corrected chi connectivity index (χ4v) is 4.21. The van der Waals surface area contributed by atoms with E-state index in [0.717, 1.165) is 18.6 Å². The van der Waals surface area contributed by atoms with Crippen LogP contribution in [-0.2, 0) is 0 Å². The van der Waals surface area contributed by atoms with Crippen molar-refractivity contribution in [3.8, 4) is 5.75 Å². The average Bonchev–Trinajstić information content (AvgIpc) is 2.81. The smallest absolute Gasteiger partial charge is 0.124 e. The van der Waals surface area contributed by atoms with Crippen molar-refractivity contribution in [1.82, 2.24) is 4.90 Å². The number of fused-ring (bicyclic) bond motifs is 4. The third kappa shape index (κ3) is 1.72. The molecule has 0 saturated carbocycles. The summed E-state index contributed by atoms with van der Waals surface area (Å²) in [6.07, 6.45) is 3.40. The van der Waals surface area contributed by atoms with E-state index in [-0.39, 0.29) is 11.6 Å². The molecule has 2 fully saturated rings. The van der Waals surface area contributed by atoms with Crippen LogP contribution in [-0.4, -0.2) is 30.1 Å². The summed E-state index contributed by atoms with van der Waals surface area (Å²) in [6, 6.07) is 6.58. The highest BCUT2D eigenvalue weighted by Gasteiger charge is 2.51. The van der Waals surface area contributed by atoms with Gasteiger partial charge in [0.1, 0.15) is 11.4 Å². The van der Waals surface area contributed by atoms with Gasteiger partial charge in [-0.05, 0) is 26.0 Å². The molecule has 0 radical (unpaired) electrons. The van der Waals surface area contributed by atoms with Crippen molar-refractivity contribution in [2.45, 2.75) is 37.8 Å². The summed E-state index contributed by atoms with van der Waals surface area (Å²) < 4.78 is 6.51. The Hall–Kier alpha value is -1.06. The number of ether oxygens (including phenoxy) is 1. The van der Waals surface area contributed by atoms with Gasteiger partial charge in [0.05, 0.1) is 0 Å². The van der Waals surface area contributed by atoms with Gasteiger partial charge in [-0.2, -0.15) is 0 Å². The van der Waals surface area contributed by atoms with Crippen LogP contribution < -0.4 is 10.5 Å². The monoisotopic (exact) mass is 258 g/mol. The van der Waals surface area contributed by atoms with E-state index < -0.39 is 0 Å². The lowest BCUT2D eigenvalue weighted by atomic mass is 9.74. The fraction of sp³-hybridized carbons (Fsp3) is 0.625. The van der Waals surface area contributed by atoms with E-state index in [1.165, 1.54) is 37.2 Å². The van der Waals surface area contributed by atoms with E-state index in [4.69, 9.17) is 10.5 Å². The number of hydrogen-bond acceptors (Lipinski definition) is 3. The summed E-state index contributed by atoms with van der Waals surface area (Å²) in [7, 11) is 0. The Bertz CT molecular complexity index is 515. The van der Waals surface area contributed by atoms with Crippen molar-refractivity contribution in [2.75, 3.05) is 19.6 Å². The summed E-state index contributed by atoms with van der Waals surface area (Å²) in [4.78, 5) is 2.56. The molecule has 2 bridgehead atoms. The first-order chi connectivity index (χ1) is 9.16. The first-order valence-electron chi connectivity index (χ1n) is 7.44. The first-order valence-corrected chi connectivity index (χ1v) is 7.44. The Morgan fingerprint density at radius 3 is 3.16 bits per heavy atom. The quantitative estimate of drug-likeness (QED) is 0.775. The molecule has 3 nitrogen and oxygen atoms in total. The lowest BCUT2D eigenvalue weighted by Gasteiger charge is -2.47. The van der Waals surface area contributed by atoms with Crippen molar-refractivity contribution in [2.24, 2.45) is 11.7 Å². The zero-order chi connectivity index (χ0) is 13.0. The molecule has 1 spiro atoms. The van der Waals surface area contributed by atoms with E-state index in [2.05, 4.69) is 30.0 Å². The fourth-order valence-electron chi connectivity index (χ4n) is 4.21. The molecule has 4 atom stereocenters. The lowest BCUT2D eigenvalue weighted by Crippen LogP contribution is -2.53. The highest BCUT2D eigenvalue weighted by atomic mass is 16.5. The lowest BCUT2D eigenvalue weighted by molar-refractivity contribution is -0.0439. The van der Waals surface area contributed by atoms with Crippen molar-refractivity contribution in [3.05, 3.63) is 29.3 Å². The summed E-state index contributed by atoms with van der Waals surface area (Å²) in [5.74, 6) is 1.70. The summed E-state index contributed by atoms with van der Waals surface area (Å²) in [5.41, 5.74) is 8.93. The van der Waals surface area contributed by atoms with Crippen LogP contribution >= 0.6 is 0 Å². The molecule has 0 aromatic heterocycles. The van der Waals surface area contributed by atoms with Gasteiger partial charge in [-0.1, -0.05) is 17.7 Å². The highest BCUT2D eigenvalue weighted by molar-refractivity contribution is 5.42. The molecule has 0 amide bonds. The Morgan fingerprint density at radius 2 is 2.26 bits per heavy atom. The van der Waals surface area contributed by atoms with Gasteiger partial charge in [0.15, 0.2) is 0 Å². The second-order valence-corrected chi connectivity index (χ2v) is 6.55. The Labute approximate surface area is 114 Å². The molecule has 3 aliphatic rings. The molecular formula is C16H22N2O. The van der Waals surface area contributed by atoms with Crippen LogP contribution in [0.3, 0.4) is 0 Å². The molecule has 4 rings (SSSR count). The Kier molecular flexibility index (Phi) is 2.45. The number of benzene rings is 1. The number of nitrogens with zero attached hydrogens (tertiary/aromatic N) is 1. The normalized spacial score (nSPS) is 40.0. The molecule has 3 unspecified atom stereocenters. The molecule has 1 aromatic carbocycles. The molecule has 1 aromatic rings. The molecular weight excluding hydrogens is 236 g/mol. The zero-order valence-electron chi connectivity index (χ0n) is 11.6. The van der Waals surface area contributed by atoms with Crippen LogP contribution in [0.25, 0.3) is 0 Å². The van der Waals surface area contributed by atoms with Gasteiger partial charge in [-0.3, -0.25) is 0 Å². The van der Waals surface area contributed by atoms with E-state index in [9.17, 15) is 0 Å². The molecule has 19 heavy (non-hydrogen) atoms. The minimum absolute atomic E-state index is 0.00861. The van der Waals surface area contributed by atoms with Crippen LogP contribution in [0.4, 0.5) is 0 Å². The van der Waals surface area contributed by atoms with Crippen LogP contribution in [0.1, 0.15) is 36.4 Å². The van der Waals surface area contributed by atoms with Crippen molar-refractivity contribution < 1.29 is 4.74 Å². The van der Waals surface area contributed by atoms with E-state index in [0.29, 0.717) is 5.92 Å². The number of rotatable bonds is 0. The Morgan fingerprint density at radius 1 is 1.37 bits per heavy atom. The van der Waals surface area contributed by atoms with E-state index >= 15 is 0 Å². The predicted molar refractivity (Wildman–Crippen MR) is 75.2 cm³/mol. The maximum Gasteiger partial charge on any atom is 0.124 e. The van der Waals surface area contributed by atoms with Gasteiger partial charge in [-0.15, -0.1) is 0 Å². The van der Waals surface area contributed by atoms with Crippen molar-refractivity contribution in [3.63, 3.8) is 0 Å². The molecule has 3 heteroatoms. The van der Waals surface area contributed by atoms with Gasteiger partial charge < -0.3 is 15.4 Å². The molecule has 102 valence electrons. The van der Waals surface area contributed by atoms with Crippen LogP contribution in [0.2, 0.25) is 0 Å². The number of aryl methyl sites for hydroxylation is 1. The number of hydrogen-bond donors (Lipinski definition) is 1. The van der Waals surface area contributed by atoms with Gasteiger partial charge in [-0.25, -0.2) is 0 Å². The maximum absolute atomic E-state index is 6.51. The van der Waals surface area contributed by atoms with Gasteiger partial charge in [0.25, 0.3) is 0 Å². The molecule has 2 saturated heterocycles. The van der Waals surface area contributed by atoms with E-state index in [1.807, 2.05) is 0 Å². The summed E-state index contributed by atoms with van der Waals surface area (Å²) in [6.45, 7) is 5.73. The van der Waals surface area contributed by atoms with Crippen LogP contribution in [0.15, 0.2) is 18.2 Å². The van der Waals surface area contributed by atoms with Crippen LogP contribution in [0, 0.1) is 12.8 Å². The minimum atomic E-state index is 0.00861. The maximum atomic E-state index is 6.51. The summed E-state index contributed by atoms with van der Waals surface area (Å²) in [5, 5.41) is 0. The first kappa shape index (κ1) is 11.7. The standard InChI is InChI=1S/C16H22N2O/c1-11-2-3-15-13(8-11)14(17)9-16(19-15)5-7-18-6-4-12(16)10-18/h2-3,8,12,14H,4-7,9-10,17H2,1H3/t12?,14-,16?/m0/s1. The Balaban J connectivity index is 1.72. The van der Waals surface area contributed by atoms with Gasteiger partial charge >= 0.3 is 0 Å². The number of nitrogens with two attached hydrogens (primary N) is 1. The molecule has 0 aliphatic carbocycles. The SMILES string of the molecule is Cc1ccc2c(c1)[C@@H](N)CC1(CCN3CCC1C3)O2. The second-order valence-electron chi connectivity index (χ2n) is 6.55. The largest absolute Gasteiger partial charge is 0.486 e. The minimum Gasteiger partial charge on any atom is -0.486 e. The summed E-state index contributed by atoms with van der Waals surface area (Å²) >= 11 is 0. The van der Waals surface area contributed by atoms with Gasteiger partial charge in [0.2, 0.25) is 0 Å². The van der Waals surface area contributed by atoms with Crippen LogP contribution in [0.5, 0.6) is 5.75 Å². The average molecular weight is 258 g/mol. The third-order valence-corrected chi connectivity index (χ3v) is 5.31. The van der Waals surface area contributed by atoms with E-state index in [1.54, 1.807) is 0 Å². The highest BCUT2D eigenvalue weighted by Crippen LogP contribution is 2.48. The topological polar surface area (TPSA) is 38.5 Å². The third-order valence-electron chi connectivity index (χ3n) is 5.31. The molecule has 2 N–H and O–H groups in total.